The Morgan fingerprint density at radius 2 is 1.48 bits per heavy atom. The molecule has 0 bridgehead atoms. The molecule has 0 aromatic heterocycles. The first kappa shape index (κ1) is 21.0. The summed E-state index contributed by atoms with van der Waals surface area (Å²) in [4.78, 5) is 12.0. The first-order valence-corrected chi connectivity index (χ1v) is 11.8. The molecule has 0 radical (unpaired) electrons. The van der Waals surface area contributed by atoms with Crippen molar-refractivity contribution < 1.29 is 19.4 Å². The van der Waals surface area contributed by atoms with Gasteiger partial charge in [0, 0.05) is 10.6 Å². The van der Waals surface area contributed by atoms with E-state index in [-0.39, 0.29) is 0 Å². The fraction of sp³-hybridized carbons (Fsp3) is 0.708. The molecule has 160 valence electrons. The molecule has 1 aliphatic heterocycles. The zero-order valence-corrected chi connectivity index (χ0v) is 18.2. The average molecular weight is 421 g/mol. The van der Waals surface area contributed by atoms with E-state index in [1.807, 2.05) is 19.1 Å². The van der Waals surface area contributed by atoms with Gasteiger partial charge in [0.25, 0.3) is 6.29 Å². The van der Waals surface area contributed by atoms with E-state index in [4.69, 9.17) is 21.1 Å². The number of benzene rings is 1. The molecule has 2 aliphatic carbocycles. The van der Waals surface area contributed by atoms with Crippen molar-refractivity contribution in [2.24, 2.45) is 11.8 Å². The second-order valence-corrected chi connectivity index (χ2v) is 9.58. The van der Waals surface area contributed by atoms with E-state index in [0.717, 1.165) is 36.8 Å². The molecule has 4 nitrogen and oxygen atoms in total. The quantitative estimate of drug-likeness (QED) is 0.559. The van der Waals surface area contributed by atoms with Crippen molar-refractivity contribution >= 4 is 17.6 Å². The van der Waals surface area contributed by atoms with Crippen LogP contribution in [0.1, 0.15) is 88.2 Å². The number of hydrogen-bond donors (Lipinski definition) is 1. The monoisotopic (exact) mass is 420 g/mol. The normalized spacial score (nSPS) is 26.1. The highest BCUT2D eigenvalue weighted by molar-refractivity contribution is 6.31. The van der Waals surface area contributed by atoms with E-state index in [9.17, 15) is 9.90 Å². The van der Waals surface area contributed by atoms with Gasteiger partial charge in [-0.15, -0.1) is 0 Å². The third kappa shape index (κ3) is 4.03. The average Bonchev–Trinajstić information content (AvgIpc) is 3.14. The molecular formula is C24H33ClO4. The Balaban J connectivity index is 1.89. The van der Waals surface area contributed by atoms with Crippen LogP contribution in [0.25, 0.3) is 0 Å². The molecule has 1 aromatic rings. The van der Waals surface area contributed by atoms with Gasteiger partial charge < -0.3 is 14.6 Å². The molecule has 1 unspecified atom stereocenters. The number of aliphatic carboxylic acids is 1. The van der Waals surface area contributed by atoms with Gasteiger partial charge >= 0.3 is 5.97 Å². The number of carboxylic acid groups (broad SMARTS) is 1. The number of rotatable bonds is 3. The second-order valence-electron chi connectivity index (χ2n) is 9.17. The van der Waals surface area contributed by atoms with E-state index in [1.165, 1.54) is 51.4 Å². The molecule has 2 fully saturated rings. The van der Waals surface area contributed by atoms with Crippen molar-refractivity contribution in [2.45, 2.75) is 95.9 Å². The van der Waals surface area contributed by atoms with Crippen LogP contribution in [-0.2, 0) is 15.1 Å². The summed E-state index contributed by atoms with van der Waals surface area (Å²) in [5, 5.41) is 10.6. The molecular weight excluding hydrogens is 388 g/mol. The third-order valence-corrected chi connectivity index (χ3v) is 7.75. The van der Waals surface area contributed by atoms with Crippen molar-refractivity contribution in [2.75, 3.05) is 0 Å². The molecule has 1 atom stereocenters. The number of carboxylic acids is 1. The molecule has 29 heavy (non-hydrogen) atoms. The summed E-state index contributed by atoms with van der Waals surface area (Å²) in [6.45, 7) is 1.94. The Morgan fingerprint density at radius 1 is 0.966 bits per heavy atom. The lowest BCUT2D eigenvalue weighted by molar-refractivity contribution is -0.248. The summed E-state index contributed by atoms with van der Waals surface area (Å²) in [5.74, 6) is 0.210. The third-order valence-electron chi connectivity index (χ3n) is 7.34. The van der Waals surface area contributed by atoms with Gasteiger partial charge in [-0.1, -0.05) is 63.0 Å². The van der Waals surface area contributed by atoms with Crippen molar-refractivity contribution in [3.05, 3.63) is 28.3 Å². The molecule has 4 rings (SSSR count). The molecule has 0 spiro atoms. The maximum atomic E-state index is 12.0. The summed E-state index contributed by atoms with van der Waals surface area (Å²) in [6.07, 6.45) is 12.8. The minimum atomic E-state index is -1.26. The van der Waals surface area contributed by atoms with Gasteiger partial charge in [0.1, 0.15) is 11.4 Å². The first-order chi connectivity index (χ1) is 14.0. The SMILES string of the molecule is Cc1cc2c(cc1Cl)C(C1CCCCCC1)(C1CCCCCC1)OC(C(=O)O)O2. The Hall–Kier alpha value is -1.26. The fourth-order valence-electron chi connectivity index (χ4n) is 5.92. The van der Waals surface area contributed by atoms with E-state index >= 15 is 0 Å². The summed E-state index contributed by atoms with van der Waals surface area (Å²) in [5.41, 5.74) is 1.28. The maximum Gasteiger partial charge on any atom is 0.373 e. The molecule has 3 aliphatic rings. The van der Waals surface area contributed by atoms with E-state index < -0.39 is 17.9 Å². The van der Waals surface area contributed by atoms with Gasteiger partial charge in [-0.3, -0.25) is 0 Å². The lowest BCUT2D eigenvalue weighted by Gasteiger charge is -2.50. The van der Waals surface area contributed by atoms with Gasteiger partial charge in [0.05, 0.1) is 0 Å². The van der Waals surface area contributed by atoms with Crippen LogP contribution in [-0.4, -0.2) is 17.4 Å². The fourth-order valence-corrected chi connectivity index (χ4v) is 6.08. The molecule has 1 aromatic carbocycles. The summed E-state index contributed by atoms with van der Waals surface area (Å²) in [6, 6.07) is 3.93. The van der Waals surface area contributed by atoms with Crippen LogP contribution >= 0.6 is 11.6 Å². The van der Waals surface area contributed by atoms with Gasteiger partial charge in [-0.2, -0.15) is 0 Å². The van der Waals surface area contributed by atoms with Crippen LogP contribution in [0.3, 0.4) is 0 Å². The van der Waals surface area contributed by atoms with E-state index in [2.05, 4.69) is 0 Å². The summed E-state index contributed by atoms with van der Waals surface area (Å²) < 4.78 is 12.4. The smallest absolute Gasteiger partial charge is 0.373 e. The minimum absolute atomic E-state index is 0.302. The zero-order chi connectivity index (χ0) is 20.4. The lowest BCUT2D eigenvalue weighted by atomic mass is 9.66. The molecule has 2 saturated carbocycles. The molecule has 1 heterocycles. The largest absolute Gasteiger partial charge is 0.477 e. The van der Waals surface area contributed by atoms with E-state index in [0.29, 0.717) is 22.6 Å². The number of carbonyl (C=O) groups is 1. The Labute approximate surface area is 178 Å². The number of halogens is 1. The van der Waals surface area contributed by atoms with Gasteiger partial charge in [-0.05, 0) is 62.1 Å². The lowest BCUT2D eigenvalue weighted by Crippen LogP contribution is -2.53. The van der Waals surface area contributed by atoms with Crippen LogP contribution in [0, 0.1) is 18.8 Å². The highest BCUT2D eigenvalue weighted by Gasteiger charge is 2.54. The zero-order valence-electron chi connectivity index (χ0n) is 17.4. The van der Waals surface area contributed by atoms with Gasteiger partial charge in [-0.25, -0.2) is 4.79 Å². The maximum absolute atomic E-state index is 12.0. The number of hydrogen-bond acceptors (Lipinski definition) is 3. The van der Waals surface area contributed by atoms with Crippen molar-refractivity contribution in [3.8, 4) is 5.75 Å². The second kappa shape index (κ2) is 8.85. The summed E-state index contributed by atoms with van der Waals surface area (Å²) >= 11 is 6.59. The van der Waals surface area contributed by atoms with Gasteiger partial charge in [0.15, 0.2) is 0 Å². The Morgan fingerprint density at radius 3 is 1.97 bits per heavy atom. The number of ether oxygens (including phenoxy) is 2. The van der Waals surface area contributed by atoms with Crippen molar-refractivity contribution in [1.82, 2.24) is 0 Å². The predicted molar refractivity (Wildman–Crippen MR) is 113 cm³/mol. The van der Waals surface area contributed by atoms with Crippen LogP contribution in [0.15, 0.2) is 12.1 Å². The number of aryl methyl sites for hydroxylation is 1. The van der Waals surface area contributed by atoms with Crippen molar-refractivity contribution in [3.63, 3.8) is 0 Å². The number of fused-ring (bicyclic) bond motifs is 1. The van der Waals surface area contributed by atoms with Crippen molar-refractivity contribution in [1.29, 1.82) is 0 Å². The Bertz CT molecular complexity index is 711. The first-order valence-electron chi connectivity index (χ1n) is 11.4. The highest BCUT2D eigenvalue weighted by Crippen LogP contribution is 2.56. The molecule has 0 amide bonds. The Kier molecular flexibility index (Phi) is 6.41. The van der Waals surface area contributed by atoms with Crippen LogP contribution < -0.4 is 4.74 Å². The standard InChI is InChI=1S/C24H33ClO4/c1-16-14-21-19(15-20(16)25)24(29-23(28-21)22(26)27,17-10-6-2-3-7-11-17)18-12-8-4-5-9-13-18/h14-15,17-18,23H,2-13H2,1H3,(H,26,27). The highest BCUT2D eigenvalue weighted by atomic mass is 35.5. The minimum Gasteiger partial charge on any atom is -0.477 e. The van der Waals surface area contributed by atoms with Gasteiger partial charge in [0.2, 0.25) is 0 Å². The molecule has 5 heteroatoms. The predicted octanol–water partition coefficient (Wildman–Crippen LogP) is 6.60. The topological polar surface area (TPSA) is 55.8 Å². The summed E-state index contributed by atoms with van der Waals surface area (Å²) in [7, 11) is 0. The molecule has 0 saturated heterocycles. The van der Waals surface area contributed by atoms with Crippen LogP contribution in [0.2, 0.25) is 5.02 Å². The van der Waals surface area contributed by atoms with Crippen LogP contribution in [0.4, 0.5) is 0 Å². The van der Waals surface area contributed by atoms with E-state index in [1.54, 1.807) is 0 Å². The van der Waals surface area contributed by atoms with Crippen LogP contribution in [0.5, 0.6) is 5.75 Å². The molecule has 1 N–H and O–H groups in total.